The van der Waals surface area contributed by atoms with Crippen molar-refractivity contribution >= 4 is 21.5 Å². The maximum absolute atomic E-state index is 10.8. The molecule has 0 radical (unpaired) electrons. The maximum atomic E-state index is 10.8. The SMILES string of the molecule is COc1ccc(C(=C(Br)C(=C(C)C)C(C)(C)O)c2ccc(OC)cc2)cc1. The van der Waals surface area contributed by atoms with Crippen molar-refractivity contribution in [2.45, 2.75) is 33.3 Å². The summed E-state index contributed by atoms with van der Waals surface area (Å²) in [6.07, 6.45) is 0. The number of rotatable bonds is 6. The number of hydrogen-bond acceptors (Lipinski definition) is 3. The molecule has 144 valence electrons. The van der Waals surface area contributed by atoms with Crippen LogP contribution >= 0.6 is 15.9 Å². The van der Waals surface area contributed by atoms with E-state index in [0.29, 0.717) is 0 Å². The first-order chi connectivity index (χ1) is 12.7. The Hall–Kier alpha value is -2.04. The lowest BCUT2D eigenvalue weighted by Gasteiger charge is -2.26. The molecule has 0 saturated carbocycles. The first-order valence-electron chi connectivity index (χ1n) is 8.78. The van der Waals surface area contributed by atoms with Gasteiger partial charge >= 0.3 is 0 Å². The van der Waals surface area contributed by atoms with Crippen LogP contribution in [0.2, 0.25) is 0 Å². The van der Waals surface area contributed by atoms with Gasteiger partial charge in [-0.25, -0.2) is 0 Å². The van der Waals surface area contributed by atoms with Crippen LogP contribution in [-0.4, -0.2) is 24.9 Å². The normalized spacial score (nSPS) is 11.0. The molecule has 3 nitrogen and oxygen atoms in total. The summed E-state index contributed by atoms with van der Waals surface area (Å²) >= 11 is 3.79. The van der Waals surface area contributed by atoms with E-state index in [1.807, 2.05) is 62.4 Å². The zero-order chi connectivity index (χ0) is 20.2. The molecule has 2 aromatic carbocycles. The molecule has 0 amide bonds. The summed E-state index contributed by atoms with van der Waals surface area (Å²) in [7, 11) is 3.31. The number of allylic oxidation sites excluding steroid dienone is 1. The van der Waals surface area contributed by atoms with Gasteiger partial charge in [0.1, 0.15) is 11.5 Å². The minimum absolute atomic E-state index is 0.800. The van der Waals surface area contributed by atoms with Gasteiger partial charge < -0.3 is 14.6 Å². The first-order valence-corrected chi connectivity index (χ1v) is 9.57. The molecule has 0 fully saturated rings. The highest BCUT2D eigenvalue weighted by Gasteiger charge is 2.26. The fourth-order valence-electron chi connectivity index (χ4n) is 3.16. The molecule has 0 aliphatic rings. The van der Waals surface area contributed by atoms with Gasteiger partial charge in [0.05, 0.1) is 19.8 Å². The van der Waals surface area contributed by atoms with Gasteiger partial charge in [0.25, 0.3) is 0 Å². The van der Waals surface area contributed by atoms with E-state index in [-0.39, 0.29) is 0 Å². The third-order valence-corrected chi connectivity index (χ3v) is 5.10. The fraction of sp³-hybridized carbons (Fsp3) is 0.304. The van der Waals surface area contributed by atoms with Crippen LogP contribution in [-0.2, 0) is 0 Å². The van der Waals surface area contributed by atoms with Crippen molar-refractivity contribution in [3.05, 3.63) is 75.3 Å². The molecule has 0 saturated heterocycles. The van der Waals surface area contributed by atoms with Crippen LogP contribution < -0.4 is 9.47 Å². The molecular weight excluding hydrogens is 404 g/mol. The Morgan fingerprint density at radius 3 is 1.44 bits per heavy atom. The molecule has 0 aliphatic carbocycles. The van der Waals surface area contributed by atoms with Crippen LogP contribution in [0.1, 0.15) is 38.8 Å². The Morgan fingerprint density at radius 2 is 1.19 bits per heavy atom. The Labute approximate surface area is 170 Å². The molecule has 2 aromatic rings. The van der Waals surface area contributed by atoms with Crippen molar-refractivity contribution in [3.63, 3.8) is 0 Å². The van der Waals surface area contributed by atoms with Crippen molar-refractivity contribution in [1.82, 2.24) is 0 Å². The van der Waals surface area contributed by atoms with Gasteiger partial charge in [0, 0.05) is 10.1 Å². The van der Waals surface area contributed by atoms with Crippen molar-refractivity contribution in [1.29, 1.82) is 0 Å². The highest BCUT2D eigenvalue weighted by atomic mass is 79.9. The zero-order valence-corrected chi connectivity index (χ0v) is 18.3. The molecule has 2 rings (SSSR count). The highest BCUT2D eigenvalue weighted by Crippen LogP contribution is 2.40. The quantitative estimate of drug-likeness (QED) is 0.573. The molecule has 27 heavy (non-hydrogen) atoms. The van der Waals surface area contributed by atoms with E-state index < -0.39 is 5.60 Å². The van der Waals surface area contributed by atoms with Crippen molar-refractivity contribution in [2.24, 2.45) is 0 Å². The molecule has 0 aliphatic heterocycles. The predicted molar refractivity (Wildman–Crippen MR) is 116 cm³/mol. The summed E-state index contributed by atoms with van der Waals surface area (Å²) < 4.78 is 11.4. The number of aliphatic hydroxyl groups is 1. The Bertz CT molecular complexity index is 785. The molecule has 0 unspecified atom stereocenters. The van der Waals surface area contributed by atoms with Gasteiger partial charge in [-0.3, -0.25) is 0 Å². The summed E-state index contributed by atoms with van der Waals surface area (Å²) in [4.78, 5) is 0. The second kappa shape index (κ2) is 8.77. The minimum atomic E-state index is -0.984. The second-order valence-corrected chi connectivity index (χ2v) is 7.87. The standard InChI is InChI=1S/C23H27BrO3/c1-15(2)21(23(3,4)25)22(24)20(16-7-11-18(26-5)12-8-16)17-9-13-19(27-6)14-10-17/h7-14,25H,1-6H3. The third kappa shape index (κ3) is 5.02. The van der Waals surface area contributed by atoms with Crippen LogP contribution in [0.4, 0.5) is 0 Å². The highest BCUT2D eigenvalue weighted by molar-refractivity contribution is 9.12. The summed E-state index contributed by atoms with van der Waals surface area (Å²) in [6.45, 7) is 7.62. The predicted octanol–water partition coefficient (Wildman–Crippen LogP) is 5.97. The monoisotopic (exact) mass is 430 g/mol. The van der Waals surface area contributed by atoms with Crippen molar-refractivity contribution in [2.75, 3.05) is 14.2 Å². The Kier molecular flexibility index (Phi) is 6.90. The van der Waals surface area contributed by atoms with Gasteiger partial charge in [-0.15, -0.1) is 0 Å². The topological polar surface area (TPSA) is 38.7 Å². The summed E-state index contributed by atoms with van der Waals surface area (Å²) in [5.74, 6) is 1.60. The molecular formula is C23H27BrO3. The van der Waals surface area contributed by atoms with Crippen LogP contribution in [0.5, 0.6) is 11.5 Å². The van der Waals surface area contributed by atoms with E-state index in [0.717, 1.165) is 43.8 Å². The van der Waals surface area contributed by atoms with E-state index in [9.17, 15) is 5.11 Å². The fourth-order valence-corrected chi connectivity index (χ4v) is 4.50. The number of halogens is 1. The minimum Gasteiger partial charge on any atom is -0.497 e. The summed E-state index contributed by atoms with van der Waals surface area (Å²) in [5.41, 5.74) is 3.98. The molecule has 1 N–H and O–H groups in total. The third-order valence-electron chi connectivity index (χ3n) is 4.31. The van der Waals surface area contributed by atoms with Gasteiger partial charge in [0.15, 0.2) is 0 Å². The summed E-state index contributed by atoms with van der Waals surface area (Å²) in [5, 5.41) is 10.8. The lowest BCUT2D eigenvalue weighted by molar-refractivity contribution is 0.122. The van der Waals surface area contributed by atoms with Crippen molar-refractivity contribution in [3.8, 4) is 11.5 Å². The van der Waals surface area contributed by atoms with E-state index >= 15 is 0 Å². The molecule has 0 atom stereocenters. The Morgan fingerprint density at radius 1 is 0.815 bits per heavy atom. The van der Waals surface area contributed by atoms with E-state index in [1.165, 1.54) is 0 Å². The number of ether oxygens (including phenoxy) is 2. The van der Waals surface area contributed by atoms with E-state index in [2.05, 4.69) is 15.9 Å². The molecule has 0 spiro atoms. The second-order valence-electron chi connectivity index (χ2n) is 7.08. The number of hydrogen-bond donors (Lipinski definition) is 1. The van der Waals surface area contributed by atoms with Gasteiger partial charge in [-0.1, -0.05) is 29.8 Å². The lowest BCUT2D eigenvalue weighted by Crippen LogP contribution is -2.23. The zero-order valence-electron chi connectivity index (χ0n) is 16.8. The van der Waals surface area contributed by atoms with Gasteiger partial charge in [0.2, 0.25) is 0 Å². The molecule has 0 aromatic heterocycles. The molecule has 0 bridgehead atoms. The van der Waals surface area contributed by atoms with E-state index in [1.54, 1.807) is 28.1 Å². The molecule has 0 heterocycles. The van der Waals surface area contributed by atoms with Crippen molar-refractivity contribution < 1.29 is 14.6 Å². The average molecular weight is 431 g/mol. The van der Waals surface area contributed by atoms with E-state index in [4.69, 9.17) is 9.47 Å². The lowest BCUT2D eigenvalue weighted by atomic mass is 9.88. The largest absolute Gasteiger partial charge is 0.497 e. The van der Waals surface area contributed by atoms with Gasteiger partial charge in [-0.2, -0.15) is 0 Å². The van der Waals surface area contributed by atoms with Crippen LogP contribution in [0.15, 0.2) is 64.2 Å². The number of methoxy groups -OCH3 is 2. The smallest absolute Gasteiger partial charge is 0.118 e. The average Bonchev–Trinajstić information content (AvgIpc) is 2.61. The first kappa shape index (κ1) is 21.3. The maximum Gasteiger partial charge on any atom is 0.118 e. The van der Waals surface area contributed by atoms with Crippen LogP contribution in [0.25, 0.3) is 5.57 Å². The summed E-state index contributed by atoms with van der Waals surface area (Å²) in [6, 6.07) is 15.8. The van der Waals surface area contributed by atoms with Crippen LogP contribution in [0, 0.1) is 0 Å². The van der Waals surface area contributed by atoms with Gasteiger partial charge in [-0.05, 0) is 84.6 Å². The Balaban J connectivity index is 2.76. The van der Waals surface area contributed by atoms with Crippen LogP contribution in [0.3, 0.4) is 0 Å². The number of benzene rings is 2. The molecule has 4 heteroatoms.